The number of hydrogen-bond donors (Lipinski definition) is 3. The number of nitrogens with zero attached hydrogens (tertiary/aromatic N) is 3. The second-order valence-corrected chi connectivity index (χ2v) is 11.5. The molecule has 218 valence electrons. The van der Waals surface area contributed by atoms with Crippen molar-refractivity contribution in [2.75, 3.05) is 13.2 Å². The molecule has 0 bridgehead atoms. The third kappa shape index (κ3) is 6.11. The molecule has 2 aromatic carbocycles. The van der Waals surface area contributed by atoms with Gasteiger partial charge in [0.05, 0.1) is 48.1 Å². The van der Waals surface area contributed by atoms with Crippen LogP contribution in [0.2, 0.25) is 10.0 Å². The Morgan fingerprint density at radius 3 is 2.41 bits per heavy atom. The van der Waals surface area contributed by atoms with Gasteiger partial charge in [-0.3, -0.25) is 9.69 Å². The molecule has 0 radical (unpaired) electrons. The van der Waals surface area contributed by atoms with Gasteiger partial charge in [-0.25, -0.2) is 14.4 Å². The highest BCUT2D eigenvalue weighted by atomic mass is 35.5. The molecule has 2 aliphatic rings. The molecule has 2 atom stereocenters. The number of aromatic nitrogens is 2. The largest absolute Gasteiger partial charge is 0.394 e. The van der Waals surface area contributed by atoms with E-state index in [1.54, 1.807) is 24.3 Å². The standard InChI is InChI=1S/C30H32Cl2FN3O5/c31-21-6-4-20(5-7-21)30(41-12-11-37)28-24(29(40)36(30)17-27-34-15-22(32)16-35-27)13-19(14-25(28)33)26(39)10-3-18-1-8-23(38)9-2-18/h4-7,13-16,18,23,26,37-39H,1-3,8-12,17H2/t18?,23?,26?,30-/m1/s1. The van der Waals surface area contributed by atoms with Gasteiger partial charge < -0.3 is 20.1 Å². The average molecular weight is 605 g/mol. The predicted octanol–water partition coefficient (Wildman–Crippen LogP) is 5.15. The molecule has 0 saturated heterocycles. The molecule has 3 N–H and O–H groups in total. The van der Waals surface area contributed by atoms with Crippen LogP contribution in [0.5, 0.6) is 0 Å². The van der Waals surface area contributed by atoms with E-state index in [0.717, 1.165) is 32.1 Å². The minimum absolute atomic E-state index is 0.0237. The highest BCUT2D eigenvalue weighted by Gasteiger charge is 2.54. The summed E-state index contributed by atoms with van der Waals surface area (Å²) in [4.78, 5) is 23.8. The van der Waals surface area contributed by atoms with E-state index in [0.29, 0.717) is 33.5 Å². The van der Waals surface area contributed by atoms with Crippen molar-refractivity contribution >= 4 is 29.1 Å². The van der Waals surface area contributed by atoms with E-state index < -0.39 is 23.6 Å². The Morgan fingerprint density at radius 2 is 1.76 bits per heavy atom. The molecule has 1 amide bonds. The number of rotatable bonds is 10. The first kappa shape index (κ1) is 29.8. The van der Waals surface area contributed by atoms with E-state index in [-0.39, 0.29) is 42.8 Å². The number of aliphatic hydroxyl groups excluding tert-OH is 3. The van der Waals surface area contributed by atoms with Crippen LogP contribution in [0.25, 0.3) is 0 Å². The van der Waals surface area contributed by atoms with Crippen molar-refractivity contribution in [2.24, 2.45) is 5.92 Å². The molecule has 5 rings (SSSR count). The van der Waals surface area contributed by atoms with Gasteiger partial charge in [0.2, 0.25) is 0 Å². The third-order valence-corrected chi connectivity index (χ3v) is 8.41. The maximum atomic E-state index is 16.2. The van der Waals surface area contributed by atoms with Crippen LogP contribution in [0.1, 0.15) is 77.5 Å². The van der Waals surface area contributed by atoms with Crippen LogP contribution >= 0.6 is 23.2 Å². The van der Waals surface area contributed by atoms with Crippen molar-refractivity contribution in [1.29, 1.82) is 0 Å². The fraction of sp³-hybridized carbons (Fsp3) is 0.433. The number of fused-ring (bicyclic) bond motifs is 1. The molecule has 41 heavy (non-hydrogen) atoms. The summed E-state index contributed by atoms with van der Waals surface area (Å²) in [6.45, 7) is -0.725. The predicted molar refractivity (Wildman–Crippen MR) is 151 cm³/mol. The summed E-state index contributed by atoms with van der Waals surface area (Å²) in [6, 6.07) is 9.27. The zero-order valence-corrected chi connectivity index (χ0v) is 23.9. The zero-order valence-electron chi connectivity index (χ0n) is 22.3. The molecule has 1 aromatic heterocycles. The van der Waals surface area contributed by atoms with Gasteiger partial charge in [-0.15, -0.1) is 0 Å². The van der Waals surface area contributed by atoms with Crippen molar-refractivity contribution < 1.29 is 29.2 Å². The Morgan fingerprint density at radius 1 is 1.07 bits per heavy atom. The monoisotopic (exact) mass is 603 g/mol. The van der Waals surface area contributed by atoms with E-state index in [4.69, 9.17) is 27.9 Å². The number of carbonyl (C=O) groups excluding carboxylic acids is 1. The van der Waals surface area contributed by atoms with E-state index in [2.05, 4.69) is 9.97 Å². The summed E-state index contributed by atoms with van der Waals surface area (Å²) in [6.07, 6.45) is 5.96. The molecular formula is C30H32Cl2FN3O5. The van der Waals surface area contributed by atoms with Crippen LogP contribution < -0.4 is 0 Å². The van der Waals surface area contributed by atoms with Gasteiger partial charge in [-0.05, 0) is 74.3 Å². The SMILES string of the molecule is O=C1c2cc(C(O)CCC3CCC(O)CC3)cc(F)c2[C@](OCCO)(c2ccc(Cl)cc2)N1Cc1ncc(Cl)cn1. The number of aliphatic hydroxyl groups is 3. The Hall–Kier alpha value is -2.66. The van der Waals surface area contributed by atoms with Gasteiger partial charge in [0, 0.05) is 23.0 Å². The van der Waals surface area contributed by atoms with Crippen LogP contribution in [0.15, 0.2) is 48.8 Å². The summed E-state index contributed by atoms with van der Waals surface area (Å²) in [5.74, 6) is -0.633. The van der Waals surface area contributed by atoms with E-state index >= 15 is 4.39 Å². The van der Waals surface area contributed by atoms with Crippen LogP contribution in [-0.4, -0.2) is 55.4 Å². The van der Waals surface area contributed by atoms with Gasteiger partial charge in [0.25, 0.3) is 5.91 Å². The van der Waals surface area contributed by atoms with Crippen molar-refractivity contribution in [3.05, 3.63) is 92.7 Å². The number of carbonyl (C=O) groups is 1. The van der Waals surface area contributed by atoms with Crippen LogP contribution in [-0.2, 0) is 17.0 Å². The number of amides is 1. The number of halogens is 3. The molecule has 0 spiro atoms. The maximum Gasteiger partial charge on any atom is 0.257 e. The van der Waals surface area contributed by atoms with Gasteiger partial charge in [0.1, 0.15) is 11.6 Å². The van der Waals surface area contributed by atoms with E-state index in [1.165, 1.54) is 29.4 Å². The summed E-state index contributed by atoms with van der Waals surface area (Å²) >= 11 is 12.1. The molecule has 1 unspecified atom stereocenters. The van der Waals surface area contributed by atoms with E-state index in [1.807, 2.05) is 0 Å². The highest BCUT2D eigenvalue weighted by molar-refractivity contribution is 6.30. The van der Waals surface area contributed by atoms with Gasteiger partial charge in [0.15, 0.2) is 5.72 Å². The lowest BCUT2D eigenvalue weighted by Gasteiger charge is -2.39. The lowest BCUT2D eigenvalue weighted by Crippen LogP contribution is -2.47. The summed E-state index contributed by atoms with van der Waals surface area (Å²) in [5.41, 5.74) is -1.03. The van der Waals surface area contributed by atoms with Crippen LogP contribution in [0.3, 0.4) is 0 Å². The van der Waals surface area contributed by atoms with Crippen molar-refractivity contribution in [1.82, 2.24) is 14.9 Å². The first-order valence-electron chi connectivity index (χ1n) is 13.7. The van der Waals surface area contributed by atoms with Crippen LogP contribution in [0.4, 0.5) is 4.39 Å². The van der Waals surface area contributed by atoms with Crippen molar-refractivity contribution in [3.8, 4) is 0 Å². The highest BCUT2D eigenvalue weighted by Crippen LogP contribution is 2.48. The summed E-state index contributed by atoms with van der Waals surface area (Å²) < 4.78 is 22.4. The Kier molecular flexibility index (Phi) is 9.23. The molecule has 1 fully saturated rings. The fourth-order valence-electron chi connectivity index (χ4n) is 5.90. The zero-order chi connectivity index (χ0) is 29.1. The minimum atomic E-state index is -1.76. The van der Waals surface area contributed by atoms with E-state index in [9.17, 15) is 20.1 Å². The fourth-order valence-corrected chi connectivity index (χ4v) is 6.12. The van der Waals surface area contributed by atoms with Crippen LogP contribution in [0, 0.1) is 11.7 Å². The number of hydrogen-bond acceptors (Lipinski definition) is 7. The minimum Gasteiger partial charge on any atom is -0.394 e. The molecule has 1 saturated carbocycles. The molecule has 8 nitrogen and oxygen atoms in total. The lowest BCUT2D eigenvalue weighted by atomic mass is 9.83. The molecular weight excluding hydrogens is 572 g/mol. The summed E-state index contributed by atoms with van der Waals surface area (Å²) in [7, 11) is 0. The number of benzene rings is 2. The normalized spacial score (nSPS) is 23.1. The quantitative estimate of drug-likeness (QED) is 0.293. The Bertz CT molecular complexity index is 1370. The van der Waals surface area contributed by atoms with Crippen molar-refractivity contribution in [3.63, 3.8) is 0 Å². The first-order valence-corrected chi connectivity index (χ1v) is 14.5. The average Bonchev–Trinajstić information content (AvgIpc) is 3.21. The molecule has 2 heterocycles. The second-order valence-electron chi connectivity index (χ2n) is 10.6. The lowest BCUT2D eigenvalue weighted by molar-refractivity contribution is -0.121. The Labute approximate surface area is 247 Å². The molecule has 1 aliphatic heterocycles. The molecule has 3 aromatic rings. The maximum absolute atomic E-state index is 16.2. The Balaban J connectivity index is 1.55. The van der Waals surface area contributed by atoms with Gasteiger partial charge in [-0.1, -0.05) is 35.3 Å². The second kappa shape index (κ2) is 12.7. The summed E-state index contributed by atoms with van der Waals surface area (Å²) in [5, 5.41) is 31.3. The number of ether oxygens (including phenoxy) is 1. The van der Waals surface area contributed by atoms with Gasteiger partial charge >= 0.3 is 0 Å². The smallest absolute Gasteiger partial charge is 0.257 e. The van der Waals surface area contributed by atoms with Gasteiger partial charge in [-0.2, -0.15) is 0 Å². The topological polar surface area (TPSA) is 116 Å². The molecule has 1 aliphatic carbocycles. The van der Waals surface area contributed by atoms with Crippen molar-refractivity contribution in [2.45, 2.75) is 63.0 Å². The molecule has 11 heteroatoms. The first-order chi connectivity index (χ1) is 19.7. The third-order valence-electron chi connectivity index (χ3n) is 7.97.